The number of hydrogen-bond acceptors (Lipinski definition) is 5. The summed E-state index contributed by atoms with van der Waals surface area (Å²) in [5, 5.41) is 23.3. The van der Waals surface area contributed by atoms with Crippen LogP contribution < -0.4 is 10.1 Å². The fourth-order valence-electron chi connectivity index (χ4n) is 2.96. The van der Waals surface area contributed by atoms with Crippen molar-refractivity contribution in [2.75, 3.05) is 26.4 Å². The molecule has 3 N–H and O–H groups in total. The van der Waals surface area contributed by atoms with Gasteiger partial charge in [-0.15, -0.1) is 0 Å². The van der Waals surface area contributed by atoms with Gasteiger partial charge in [-0.05, 0) is 49.9 Å². The lowest BCUT2D eigenvalue weighted by atomic mass is 10.0. The fraction of sp³-hybridized carbons (Fsp3) is 0.435. The summed E-state index contributed by atoms with van der Waals surface area (Å²) in [6.07, 6.45) is 1.11. The zero-order valence-electron chi connectivity index (χ0n) is 17.1. The van der Waals surface area contributed by atoms with Crippen LogP contribution in [-0.2, 0) is 11.2 Å². The van der Waals surface area contributed by atoms with E-state index in [1.165, 1.54) is 11.6 Å². The van der Waals surface area contributed by atoms with Crippen LogP contribution in [0.1, 0.15) is 47.9 Å². The second-order valence-electron chi connectivity index (χ2n) is 6.96. The van der Waals surface area contributed by atoms with Gasteiger partial charge in [-0.2, -0.15) is 0 Å². The Morgan fingerprint density at radius 3 is 2.59 bits per heavy atom. The molecule has 2 atom stereocenters. The van der Waals surface area contributed by atoms with E-state index in [2.05, 4.69) is 24.4 Å². The number of aryl methyl sites for hydroxylation is 1. The maximum Gasteiger partial charge on any atom is 0.339 e. The van der Waals surface area contributed by atoms with E-state index in [4.69, 9.17) is 9.47 Å². The number of benzene rings is 2. The number of carboxylic acid groups (broad SMARTS) is 1. The first-order chi connectivity index (χ1) is 14.0. The topological polar surface area (TPSA) is 88.0 Å². The van der Waals surface area contributed by atoms with E-state index in [9.17, 15) is 15.0 Å². The Kier molecular flexibility index (Phi) is 9.64. The highest BCUT2D eigenvalue weighted by atomic mass is 16.5. The molecule has 6 nitrogen and oxygen atoms in total. The summed E-state index contributed by atoms with van der Waals surface area (Å²) in [5.74, 6) is -0.813. The average molecular weight is 402 g/mol. The molecule has 0 aliphatic rings. The maximum absolute atomic E-state index is 11.6. The van der Waals surface area contributed by atoms with E-state index in [1.807, 2.05) is 25.1 Å². The lowest BCUT2D eigenvalue weighted by molar-refractivity contribution is 0.0686. The number of hydrogen-bond donors (Lipinski definition) is 3. The standard InChI is InChI=1S/C23H31NO5/c1-3-28-13-14-29-22-12-11-19(15-20(22)23(26)27)21(25)16-24-17(2)9-10-18-7-5-4-6-8-18/h4-8,11-12,15,17,21,24-25H,3,9-10,13-14,16H2,1-2H3,(H,26,27). The molecule has 158 valence electrons. The molecule has 0 fully saturated rings. The quantitative estimate of drug-likeness (QED) is 0.446. The number of aromatic carboxylic acids is 1. The third-order valence-corrected chi connectivity index (χ3v) is 4.68. The summed E-state index contributed by atoms with van der Waals surface area (Å²) < 4.78 is 10.7. The van der Waals surface area contributed by atoms with Crippen LogP contribution in [0, 0.1) is 0 Å². The Morgan fingerprint density at radius 1 is 1.14 bits per heavy atom. The number of aliphatic hydroxyl groups is 1. The predicted octanol–water partition coefficient (Wildman–Crippen LogP) is 3.44. The van der Waals surface area contributed by atoms with Gasteiger partial charge in [0.05, 0.1) is 12.7 Å². The highest BCUT2D eigenvalue weighted by Crippen LogP contribution is 2.24. The van der Waals surface area contributed by atoms with Crippen molar-refractivity contribution in [1.29, 1.82) is 0 Å². The average Bonchev–Trinajstić information content (AvgIpc) is 2.74. The van der Waals surface area contributed by atoms with Gasteiger partial charge in [-0.25, -0.2) is 4.79 Å². The van der Waals surface area contributed by atoms with Gasteiger partial charge < -0.3 is 25.0 Å². The van der Waals surface area contributed by atoms with Gasteiger partial charge in [-0.3, -0.25) is 0 Å². The normalized spacial score (nSPS) is 13.1. The number of rotatable bonds is 13. The summed E-state index contributed by atoms with van der Waals surface area (Å²) in [4.78, 5) is 11.6. The minimum absolute atomic E-state index is 0.0372. The molecular formula is C23H31NO5. The molecular weight excluding hydrogens is 370 g/mol. The van der Waals surface area contributed by atoms with E-state index in [0.29, 0.717) is 25.3 Å². The van der Waals surface area contributed by atoms with E-state index in [-0.39, 0.29) is 24.0 Å². The number of ether oxygens (including phenoxy) is 2. The molecule has 2 rings (SSSR count). The highest BCUT2D eigenvalue weighted by molar-refractivity contribution is 5.91. The zero-order chi connectivity index (χ0) is 21.1. The first-order valence-electron chi connectivity index (χ1n) is 10.0. The summed E-state index contributed by atoms with van der Waals surface area (Å²) in [5.41, 5.74) is 1.87. The number of carbonyl (C=O) groups is 1. The first-order valence-corrected chi connectivity index (χ1v) is 10.0. The Bertz CT molecular complexity index is 750. The Hall–Kier alpha value is -2.41. The lowest BCUT2D eigenvalue weighted by Gasteiger charge is -2.18. The van der Waals surface area contributed by atoms with Gasteiger partial charge >= 0.3 is 5.97 Å². The van der Waals surface area contributed by atoms with Crippen LogP contribution in [-0.4, -0.2) is 48.6 Å². The molecule has 0 radical (unpaired) electrons. The molecule has 2 aromatic rings. The van der Waals surface area contributed by atoms with Crippen molar-refractivity contribution in [3.8, 4) is 5.75 Å². The van der Waals surface area contributed by atoms with E-state index in [1.54, 1.807) is 12.1 Å². The molecule has 6 heteroatoms. The maximum atomic E-state index is 11.6. The van der Waals surface area contributed by atoms with Crippen LogP contribution in [0.3, 0.4) is 0 Å². The third kappa shape index (κ3) is 7.85. The zero-order valence-corrected chi connectivity index (χ0v) is 17.1. The molecule has 0 aliphatic carbocycles. The molecule has 2 unspecified atom stereocenters. The first kappa shape index (κ1) is 22.9. The molecule has 0 aliphatic heterocycles. The van der Waals surface area contributed by atoms with E-state index >= 15 is 0 Å². The minimum atomic E-state index is -1.09. The molecule has 29 heavy (non-hydrogen) atoms. The van der Waals surface area contributed by atoms with Crippen LogP contribution in [0.5, 0.6) is 5.75 Å². The van der Waals surface area contributed by atoms with Crippen LogP contribution in [0.4, 0.5) is 0 Å². The van der Waals surface area contributed by atoms with Crippen molar-refractivity contribution in [3.05, 3.63) is 65.2 Å². The SMILES string of the molecule is CCOCCOc1ccc(C(O)CNC(C)CCc2ccccc2)cc1C(=O)O. The largest absolute Gasteiger partial charge is 0.490 e. The number of carboxylic acids is 1. The van der Waals surface area contributed by atoms with Crippen LogP contribution >= 0.6 is 0 Å². The lowest BCUT2D eigenvalue weighted by Crippen LogP contribution is -2.30. The second kappa shape index (κ2) is 12.2. The van der Waals surface area contributed by atoms with Gasteiger partial charge in [0.15, 0.2) is 0 Å². The molecule has 0 bridgehead atoms. The Balaban J connectivity index is 1.87. The number of nitrogens with one attached hydrogen (secondary N) is 1. The Labute approximate surface area is 172 Å². The van der Waals surface area contributed by atoms with Crippen molar-refractivity contribution < 1.29 is 24.5 Å². The van der Waals surface area contributed by atoms with Crippen molar-refractivity contribution >= 4 is 5.97 Å². The fourth-order valence-corrected chi connectivity index (χ4v) is 2.96. The Morgan fingerprint density at radius 2 is 1.90 bits per heavy atom. The molecule has 0 saturated carbocycles. The van der Waals surface area contributed by atoms with Crippen molar-refractivity contribution in [3.63, 3.8) is 0 Å². The predicted molar refractivity (Wildman–Crippen MR) is 113 cm³/mol. The third-order valence-electron chi connectivity index (χ3n) is 4.68. The van der Waals surface area contributed by atoms with Gasteiger partial charge in [0, 0.05) is 19.2 Å². The monoisotopic (exact) mass is 401 g/mol. The van der Waals surface area contributed by atoms with E-state index in [0.717, 1.165) is 12.8 Å². The molecule has 0 aromatic heterocycles. The summed E-state index contributed by atoms with van der Waals surface area (Å²) >= 11 is 0. The summed E-state index contributed by atoms with van der Waals surface area (Å²) in [6.45, 7) is 5.56. The van der Waals surface area contributed by atoms with Crippen molar-refractivity contribution in [2.24, 2.45) is 0 Å². The summed E-state index contributed by atoms with van der Waals surface area (Å²) in [6, 6.07) is 15.3. The van der Waals surface area contributed by atoms with Crippen LogP contribution in [0.2, 0.25) is 0 Å². The molecule has 0 saturated heterocycles. The summed E-state index contributed by atoms with van der Waals surface area (Å²) in [7, 11) is 0. The van der Waals surface area contributed by atoms with Crippen LogP contribution in [0.15, 0.2) is 48.5 Å². The van der Waals surface area contributed by atoms with Gasteiger partial charge in [0.2, 0.25) is 0 Å². The molecule has 0 spiro atoms. The van der Waals surface area contributed by atoms with Gasteiger partial charge in [0.25, 0.3) is 0 Å². The molecule has 2 aromatic carbocycles. The van der Waals surface area contributed by atoms with Gasteiger partial charge in [0.1, 0.15) is 17.9 Å². The molecule has 0 amide bonds. The van der Waals surface area contributed by atoms with Crippen LogP contribution in [0.25, 0.3) is 0 Å². The van der Waals surface area contributed by atoms with E-state index < -0.39 is 12.1 Å². The number of aliphatic hydroxyl groups excluding tert-OH is 1. The van der Waals surface area contributed by atoms with Crippen molar-refractivity contribution in [2.45, 2.75) is 38.8 Å². The molecule has 0 heterocycles. The smallest absolute Gasteiger partial charge is 0.339 e. The van der Waals surface area contributed by atoms with Gasteiger partial charge in [-0.1, -0.05) is 36.4 Å². The van der Waals surface area contributed by atoms with Crippen molar-refractivity contribution in [1.82, 2.24) is 5.32 Å². The second-order valence-corrected chi connectivity index (χ2v) is 6.96. The highest BCUT2D eigenvalue weighted by Gasteiger charge is 2.16. The minimum Gasteiger partial charge on any atom is -0.490 e.